The Kier molecular flexibility index (Phi) is 3.44. The molecule has 0 radical (unpaired) electrons. The molecule has 3 rings (SSSR count). The van der Waals surface area contributed by atoms with Crippen LogP contribution in [0, 0.1) is 15.4 Å². The largest absolute Gasteiger partial charge is 0.274 e. The highest BCUT2D eigenvalue weighted by atomic mass is 127. The second-order valence-electron chi connectivity index (χ2n) is 5.67. The molecule has 1 aliphatic carbocycles. The normalized spacial score (nSPS) is 26.2. The van der Waals surface area contributed by atoms with E-state index in [2.05, 4.69) is 36.4 Å². The first-order valence-corrected chi connectivity index (χ1v) is 7.85. The maximum absolute atomic E-state index is 12.6. The Hall–Kier alpha value is -1.17. The van der Waals surface area contributed by atoms with Gasteiger partial charge in [0, 0.05) is 3.57 Å². The Balaban J connectivity index is 1.98. The van der Waals surface area contributed by atoms with Gasteiger partial charge in [0.2, 0.25) is 11.8 Å². The average Bonchev–Trinajstić information content (AvgIpc) is 2.63. The van der Waals surface area contributed by atoms with Crippen molar-refractivity contribution in [2.45, 2.75) is 26.7 Å². The number of hydrogen-bond donors (Lipinski definition) is 0. The maximum Gasteiger partial charge on any atom is 0.238 e. The van der Waals surface area contributed by atoms with Gasteiger partial charge in [-0.15, -0.1) is 0 Å². The Bertz CT molecular complexity index is 603. The summed E-state index contributed by atoms with van der Waals surface area (Å²) in [5.41, 5.74) is 3.23. The molecule has 0 bridgehead atoms. The Labute approximate surface area is 132 Å². The van der Waals surface area contributed by atoms with Crippen LogP contribution in [0.25, 0.3) is 0 Å². The third-order valence-corrected chi connectivity index (χ3v) is 5.08. The van der Waals surface area contributed by atoms with Crippen molar-refractivity contribution in [3.05, 3.63) is 39.0 Å². The summed E-state index contributed by atoms with van der Waals surface area (Å²) in [5.74, 6) is -0.393. The third-order valence-electron chi connectivity index (χ3n) is 4.41. The predicted octanol–water partition coefficient (Wildman–Crippen LogP) is 3.53. The van der Waals surface area contributed by atoms with Gasteiger partial charge in [0.15, 0.2) is 0 Å². The van der Waals surface area contributed by atoms with Gasteiger partial charge in [0.25, 0.3) is 0 Å². The number of halogens is 1. The minimum Gasteiger partial charge on any atom is -0.274 e. The number of carbonyl (C=O) groups is 2. The third kappa shape index (κ3) is 2.10. The fourth-order valence-electron chi connectivity index (χ4n) is 3.12. The molecule has 2 amide bonds. The molecule has 104 valence electrons. The Morgan fingerprint density at radius 3 is 2.10 bits per heavy atom. The number of imide groups is 1. The zero-order chi connectivity index (χ0) is 14.4. The van der Waals surface area contributed by atoms with Crippen LogP contribution in [0.5, 0.6) is 0 Å². The molecule has 3 nitrogen and oxygen atoms in total. The number of carbonyl (C=O) groups excluding carboxylic acids is 2. The van der Waals surface area contributed by atoms with Crippen molar-refractivity contribution in [2.75, 3.05) is 4.90 Å². The highest BCUT2D eigenvalue weighted by molar-refractivity contribution is 14.1. The first-order chi connectivity index (χ1) is 9.49. The highest BCUT2D eigenvalue weighted by Gasteiger charge is 2.49. The van der Waals surface area contributed by atoms with E-state index in [0.29, 0.717) is 5.69 Å². The fraction of sp³-hybridized carbons (Fsp3) is 0.375. The molecule has 1 heterocycles. The molecule has 0 N–H and O–H groups in total. The van der Waals surface area contributed by atoms with Crippen molar-refractivity contribution in [3.8, 4) is 0 Å². The van der Waals surface area contributed by atoms with Crippen LogP contribution < -0.4 is 4.90 Å². The lowest BCUT2D eigenvalue weighted by atomic mass is 9.78. The lowest BCUT2D eigenvalue weighted by Crippen LogP contribution is -2.30. The molecule has 1 fully saturated rings. The highest BCUT2D eigenvalue weighted by Crippen LogP contribution is 2.42. The molecule has 1 aromatic carbocycles. The van der Waals surface area contributed by atoms with Crippen LogP contribution in [0.4, 0.5) is 5.69 Å². The topological polar surface area (TPSA) is 37.4 Å². The average molecular weight is 381 g/mol. The summed E-state index contributed by atoms with van der Waals surface area (Å²) >= 11 is 2.20. The molecule has 0 aromatic heterocycles. The van der Waals surface area contributed by atoms with Crippen LogP contribution in [0.2, 0.25) is 0 Å². The zero-order valence-corrected chi connectivity index (χ0v) is 13.7. The standard InChI is InChI=1S/C16H16INO2/c1-9-6-13-14(7-10(9)2)16(20)18(15(13)19)12-5-3-4-11(17)8-12/h3-5,8,13-14H,6-7H2,1-2H3. The van der Waals surface area contributed by atoms with E-state index in [1.54, 1.807) is 0 Å². The van der Waals surface area contributed by atoms with Crippen LogP contribution in [-0.2, 0) is 9.59 Å². The zero-order valence-electron chi connectivity index (χ0n) is 11.5. The number of fused-ring (bicyclic) bond motifs is 1. The van der Waals surface area contributed by atoms with Crippen molar-refractivity contribution in [3.63, 3.8) is 0 Å². The summed E-state index contributed by atoms with van der Waals surface area (Å²) in [7, 11) is 0. The number of allylic oxidation sites excluding steroid dienone is 2. The van der Waals surface area contributed by atoms with Crippen molar-refractivity contribution < 1.29 is 9.59 Å². The Morgan fingerprint density at radius 2 is 1.60 bits per heavy atom. The van der Waals surface area contributed by atoms with Gasteiger partial charge in [-0.3, -0.25) is 9.59 Å². The summed E-state index contributed by atoms with van der Waals surface area (Å²) in [6, 6.07) is 7.57. The number of benzene rings is 1. The molecule has 2 aliphatic rings. The molecular formula is C16H16INO2. The summed E-state index contributed by atoms with van der Waals surface area (Å²) in [4.78, 5) is 26.6. The Morgan fingerprint density at radius 1 is 1.05 bits per heavy atom. The lowest BCUT2D eigenvalue weighted by molar-refractivity contribution is -0.122. The summed E-state index contributed by atoms with van der Waals surface area (Å²) in [6.07, 6.45) is 1.45. The van der Waals surface area contributed by atoms with Gasteiger partial charge in [0.05, 0.1) is 17.5 Å². The monoisotopic (exact) mass is 381 g/mol. The van der Waals surface area contributed by atoms with E-state index in [9.17, 15) is 9.59 Å². The second-order valence-corrected chi connectivity index (χ2v) is 6.92. The number of rotatable bonds is 1. The second kappa shape index (κ2) is 4.98. The van der Waals surface area contributed by atoms with Gasteiger partial charge in [-0.2, -0.15) is 0 Å². The van der Waals surface area contributed by atoms with Gasteiger partial charge >= 0.3 is 0 Å². The van der Waals surface area contributed by atoms with Gasteiger partial charge in [-0.25, -0.2) is 4.90 Å². The van der Waals surface area contributed by atoms with Crippen molar-refractivity contribution in [1.29, 1.82) is 0 Å². The smallest absolute Gasteiger partial charge is 0.238 e. The summed E-state index contributed by atoms with van der Waals surface area (Å²) < 4.78 is 1.03. The minimum absolute atomic E-state index is 0.0335. The van der Waals surface area contributed by atoms with E-state index >= 15 is 0 Å². The van der Waals surface area contributed by atoms with E-state index in [0.717, 1.165) is 16.4 Å². The number of amides is 2. The molecule has 0 saturated carbocycles. The molecule has 20 heavy (non-hydrogen) atoms. The van der Waals surface area contributed by atoms with Crippen LogP contribution in [0.3, 0.4) is 0 Å². The van der Waals surface area contributed by atoms with Crippen molar-refractivity contribution in [2.24, 2.45) is 11.8 Å². The quantitative estimate of drug-likeness (QED) is 0.424. The van der Waals surface area contributed by atoms with E-state index in [4.69, 9.17) is 0 Å². The van der Waals surface area contributed by atoms with Crippen LogP contribution in [-0.4, -0.2) is 11.8 Å². The van der Waals surface area contributed by atoms with Gasteiger partial charge in [-0.05, 0) is 67.5 Å². The molecule has 1 aliphatic heterocycles. The predicted molar refractivity (Wildman–Crippen MR) is 86.2 cm³/mol. The van der Waals surface area contributed by atoms with Gasteiger partial charge < -0.3 is 0 Å². The van der Waals surface area contributed by atoms with Gasteiger partial charge in [0.1, 0.15) is 0 Å². The molecule has 1 aromatic rings. The number of anilines is 1. The molecular weight excluding hydrogens is 365 g/mol. The molecule has 2 unspecified atom stereocenters. The first kappa shape index (κ1) is 13.8. The summed E-state index contributed by atoms with van der Waals surface area (Å²) in [6.45, 7) is 4.13. The molecule has 4 heteroatoms. The van der Waals surface area contributed by atoms with Crippen molar-refractivity contribution in [1.82, 2.24) is 0 Å². The summed E-state index contributed by atoms with van der Waals surface area (Å²) in [5, 5.41) is 0. The molecule has 0 spiro atoms. The minimum atomic E-state index is -0.163. The van der Waals surface area contributed by atoms with Gasteiger partial charge in [-0.1, -0.05) is 17.2 Å². The molecule has 1 saturated heterocycles. The van der Waals surface area contributed by atoms with E-state index in [1.807, 2.05) is 24.3 Å². The van der Waals surface area contributed by atoms with E-state index < -0.39 is 0 Å². The SMILES string of the molecule is CC1=C(C)CC2C(=O)N(c3cccc(I)c3)C(=O)C2C1. The lowest BCUT2D eigenvalue weighted by Gasteiger charge is -2.23. The first-order valence-electron chi connectivity index (χ1n) is 6.77. The van der Waals surface area contributed by atoms with E-state index in [1.165, 1.54) is 16.0 Å². The van der Waals surface area contributed by atoms with Crippen LogP contribution in [0.15, 0.2) is 35.4 Å². The maximum atomic E-state index is 12.6. The van der Waals surface area contributed by atoms with Crippen LogP contribution in [0.1, 0.15) is 26.7 Å². The van der Waals surface area contributed by atoms with Crippen LogP contribution >= 0.6 is 22.6 Å². The number of nitrogens with zero attached hydrogens (tertiary/aromatic N) is 1. The number of hydrogen-bond acceptors (Lipinski definition) is 2. The molecule has 2 atom stereocenters. The van der Waals surface area contributed by atoms with E-state index in [-0.39, 0.29) is 23.7 Å². The fourth-order valence-corrected chi connectivity index (χ4v) is 3.65. The van der Waals surface area contributed by atoms with Crippen molar-refractivity contribution >= 4 is 40.1 Å².